The van der Waals surface area contributed by atoms with Gasteiger partial charge in [0.2, 0.25) is 5.91 Å². The molecule has 0 aliphatic carbocycles. The van der Waals surface area contributed by atoms with Crippen LogP contribution in [0.5, 0.6) is 0 Å². The van der Waals surface area contributed by atoms with Crippen LogP contribution in [-0.4, -0.2) is 36.0 Å². The SMILES string of the molecule is CC(C(=O)Nc1ccccc1-c1ccccc1)N1CCC(N)C(C)(C)C1. The Morgan fingerprint density at radius 1 is 1.15 bits per heavy atom. The Morgan fingerprint density at radius 2 is 1.81 bits per heavy atom. The van der Waals surface area contributed by atoms with E-state index in [0.29, 0.717) is 0 Å². The van der Waals surface area contributed by atoms with Gasteiger partial charge in [-0.3, -0.25) is 9.69 Å². The molecule has 1 amide bonds. The molecule has 1 saturated heterocycles. The van der Waals surface area contributed by atoms with Crippen LogP contribution in [0.2, 0.25) is 0 Å². The van der Waals surface area contributed by atoms with Gasteiger partial charge < -0.3 is 11.1 Å². The zero-order valence-electron chi connectivity index (χ0n) is 15.9. The molecule has 1 aliphatic heterocycles. The fraction of sp³-hybridized carbons (Fsp3) is 0.409. The molecule has 0 bridgehead atoms. The lowest BCUT2D eigenvalue weighted by atomic mass is 9.79. The van der Waals surface area contributed by atoms with E-state index in [9.17, 15) is 4.79 Å². The molecule has 2 aromatic rings. The molecule has 0 spiro atoms. The predicted molar refractivity (Wildman–Crippen MR) is 108 cm³/mol. The van der Waals surface area contributed by atoms with Gasteiger partial charge in [0.1, 0.15) is 0 Å². The van der Waals surface area contributed by atoms with Crippen molar-refractivity contribution in [2.24, 2.45) is 11.1 Å². The number of carbonyl (C=O) groups excluding carboxylic acids is 1. The van der Waals surface area contributed by atoms with Gasteiger partial charge in [-0.05, 0) is 30.4 Å². The summed E-state index contributed by atoms with van der Waals surface area (Å²) in [5.41, 5.74) is 9.24. The standard InChI is InChI=1S/C22H29N3O/c1-16(25-14-13-20(23)22(2,3)15-25)21(26)24-19-12-8-7-11-18(19)17-9-5-4-6-10-17/h4-12,16,20H,13-15,23H2,1-3H3,(H,24,26). The van der Waals surface area contributed by atoms with Crippen LogP contribution in [0.4, 0.5) is 5.69 Å². The summed E-state index contributed by atoms with van der Waals surface area (Å²) >= 11 is 0. The van der Waals surface area contributed by atoms with Gasteiger partial charge in [0.25, 0.3) is 0 Å². The van der Waals surface area contributed by atoms with Crippen molar-refractivity contribution in [2.75, 3.05) is 18.4 Å². The van der Waals surface area contributed by atoms with Gasteiger partial charge in [0, 0.05) is 30.4 Å². The Balaban J connectivity index is 1.75. The fourth-order valence-corrected chi connectivity index (χ4v) is 3.61. The number of nitrogens with two attached hydrogens (primary N) is 1. The molecule has 3 N–H and O–H groups in total. The van der Waals surface area contributed by atoms with E-state index in [1.807, 2.05) is 49.4 Å². The summed E-state index contributed by atoms with van der Waals surface area (Å²) in [5.74, 6) is 0.0275. The van der Waals surface area contributed by atoms with Gasteiger partial charge in [0.05, 0.1) is 6.04 Å². The maximum Gasteiger partial charge on any atom is 0.241 e. The molecule has 138 valence electrons. The van der Waals surface area contributed by atoms with E-state index >= 15 is 0 Å². The van der Waals surface area contributed by atoms with Gasteiger partial charge >= 0.3 is 0 Å². The first-order chi connectivity index (χ1) is 12.4. The van der Waals surface area contributed by atoms with E-state index in [2.05, 4.69) is 36.2 Å². The number of amides is 1. The molecule has 1 aliphatic rings. The molecule has 26 heavy (non-hydrogen) atoms. The molecule has 1 heterocycles. The minimum Gasteiger partial charge on any atom is -0.327 e. The average Bonchev–Trinajstić information content (AvgIpc) is 2.64. The number of piperidine rings is 1. The first-order valence-electron chi connectivity index (χ1n) is 9.33. The zero-order chi connectivity index (χ0) is 18.7. The molecule has 3 rings (SSSR count). The third-order valence-corrected chi connectivity index (χ3v) is 5.54. The van der Waals surface area contributed by atoms with Crippen LogP contribution in [0.3, 0.4) is 0 Å². The van der Waals surface area contributed by atoms with Crippen molar-refractivity contribution in [3.05, 3.63) is 54.6 Å². The fourth-order valence-electron chi connectivity index (χ4n) is 3.61. The summed E-state index contributed by atoms with van der Waals surface area (Å²) in [4.78, 5) is 15.1. The zero-order valence-corrected chi connectivity index (χ0v) is 15.9. The van der Waals surface area contributed by atoms with Crippen LogP contribution in [0.1, 0.15) is 27.2 Å². The van der Waals surface area contributed by atoms with E-state index in [0.717, 1.165) is 36.3 Å². The van der Waals surface area contributed by atoms with Crippen LogP contribution in [-0.2, 0) is 4.79 Å². The van der Waals surface area contributed by atoms with Gasteiger partial charge in [-0.1, -0.05) is 62.4 Å². The highest BCUT2D eigenvalue weighted by Crippen LogP contribution is 2.30. The maximum atomic E-state index is 12.9. The van der Waals surface area contributed by atoms with Gasteiger partial charge in [-0.25, -0.2) is 0 Å². The molecule has 2 unspecified atom stereocenters. The summed E-state index contributed by atoms with van der Waals surface area (Å²) in [6.07, 6.45) is 0.922. The number of benzene rings is 2. The third-order valence-electron chi connectivity index (χ3n) is 5.54. The van der Waals surface area contributed by atoms with Crippen molar-refractivity contribution in [3.63, 3.8) is 0 Å². The summed E-state index contributed by atoms with van der Waals surface area (Å²) < 4.78 is 0. The van der Waals surface area contributed by atoms with Crippen LogP contribution >= 0.6 is 0 Å². The number of nitrogens with one attached hydrogen (secondary N) is 1. The van der Waals surface area contributed by atoms with Gasteiger partial charge in [-0.2, -0.15) is 0 Å². The van der Waals surface area contributed by atoms with Crippen LogP contribution in [0.15, 0.2) is 54.6 Å². The molecular formula is C22H29N3O. The quantitative estimate of drug-likeness (QED) is 0.882. The molecule has 2 aromatic carbocycles. The third kappa shape index (κ3) is 3.97. The van der Waals surface area contributed by atoms with Crippen molar-refractivity contribution in [1.29, 1.82) is 0 Å². The van der Waals surface area contributed by atoms with Crippen LogP contribution < -0.4 is 11.1 Å². The molecule has 4 heteroatoms. The number of para-hydroxylation sites is 1. The number of likely N-dealkylation sites (tertiary alicyclic amines) is 1. The molecule has 0 saturated carbocycles. The largest absolute Gasteiger partial charge is 0.327 e. The molecule has 1 fully saturated rings. The Labute approximate surface area is 156 Å². The summed E-state index contributed by atoms with van der Waals surface area (Å²) in [7, 11) is 0. The Hall–Kier alpha value is -2.17. The van der Waals surface area contributed by atoms with Crippen molar-refractivity contribution < 1.29 is 4.79 Å². The Morgan fingerprint density at radius 3 is 2.50 bits per heavy atom. The van der Waals surface area contributed by atoms with Crippen molar-refractivity contribution >= 4 is 11.6 Å². The topological polar surface area (TPSA) is 58.4 Å². The lowest BCUT2D eigenvalue weighted by Crippen LogP contribution is -2.56. The lowest BCUT2D eigenvalue weighted by molar-refractivity contribution is -0.122. The van der Waals surface area contributed by atoms with Crippen molar-refractivity contribution in [1.82, 2.24) is 4.90 Å². The number of rotatable bonds is 4. The molecule has 2 atom stereocenters. The highest BCUT2D eigenvalue weighted by molar-refractivity contribution is 5.98. The summed E-state index contributed by atoms with van der Waals surface area (Å²) in [6.45, 7) is 8.04. The monoisotopic (exact) mass is 351 g/mol. The van der Waals surface area contributed by atoms with Crippen LogP contribution in [0, 0.1) is 5.41 Å². The predicted octanol–water partition coefficient (Wildman–Crippen LogP) is 3.74. The Kier molecular flexibility index (Phi) is 5.44. The normalized spacial score (nSPS) is 21.2. The first-order valence-corrected chi connectivity index (χ1v) is 9.33. The molecular weight excluding hydrogens is 322 g/mol. The maximum absolute atomic E-state index is 12.9. The van der Waals surface area contributed by atoms with Gasteiger partial charge in [0.15, 0.2) is 0 Å². The second-order valence-corrected chi connectivity index (χ2v) is 7.93. The molecule has 0 aromatic heterocycles. The number of hydrogen-bond acceptors (Lipinski definition) is 3. The minimum absolute atomic E-state index is 0.0226. The lowest BCUT2D eigenvalue weighted by Gasteiger charge is -2.44. The summed E-state index contributed by atoms with van der Waals surface area (Å²) in [5, 5.41) is 3.13. The van der Waals surface area contributed by atoms with Crippen molar-refractivity contribution in [2.45, 2.75) is 39.3 Å². The smallest absolute Gasteiger partial charge is 0.241 e. The second kappa shape index (κ2) is 7.60. The van der Waals surface area contributed by atoms with E-state index < -0.39 is 0 Å². The second-order valence-electron chi connectivity index (χ2n) is 7.93. The number of anilines is 1. The van der Waals surface area contributed by atoms with E-state index in [1.54, 1.807) is 0 Å². The highest BCUT2D eigenvalue weighted by Gasteiger charge is 2.36. The van der Waals surface area contributed by atoms with Crippen LogP contribution in [0.25, 0.3) is 11.1 Å². The van der Waals surface area contributed by atoms with E-state index in [1.165, 1.54) is 0 Å². The number of hydrogen-bond donors (Lipinski definition) is 2. The van der Waals surface area contributed by atoms with E-state index in [-0.39, 0.29) is 23.4 Å². The average molecular weight is 351 g/mol. The molecule has 0 radical (unpaired) electrons. The summed E-state index contributed by atoms with van der Waals surface area (Å²) in [6, 6.07) is 18.1. The number of nitrogens with zero attached hydrogens (tertiary/aromatic N) is 1. The minimum atomic E-state index is -0.189. The van der Waals surface area contributed by atoms with Crippen molar-refractivity contribution in [3.8, 4) is 11.1 Å². The molecule has 4 nitrogen and oxygen atoms in total. The van der Waals surface area contributed by atoms with E-state index in [4.69, 9.17) is 5.73 Å². The van der Waals surface area contributed by atoms with Gasteiger partial charge in [-0.15, -0.1) is 0 Å². The Bertz CT molecular complexity index is 757. The highest BCUT2D eigenvalue weighted by atomic mass is 16.2. The number of carbonyl (C=O) groups is 1. The first kappa shape index (κ1) is 18.6.